The summed E-state index contributed by atoms with van der Waals surface area (Å²) in [5, 5.41) is 105. The van der Waals surface area contributed by atoms with Crippen molar-refractivity contribution in [2.75, 3.05) is 13.2 Å². The van der Waals surface area contributed by atoms with Crippen LogP contribution < -0.4 is 5.43 Å². The highest BCUT2D eigenvalue weighted by Gasteiger charge is 2.50. The summed E-state index contributed by atoms with van der Waals surface area (Å²) in [5.74, 6) is -1.92. The van der Waals surface area contributed by atoms with E-state index in [2.05, 4.69) is 0 Å². The van der Waals surface area contributed by atoms with Crippen molar-refractivity contribution in [3.8, 4) is 22.8 Å². The van der Waals surface area contributed by atoms with Crippen molar-refractivity contribution in [2.24, 2.45) is 0 Å². The number of rotatable bonds is 5. The molecule has 1 aromatic heterocycles. The first-order valence-electron chi connectivity index (χ1n) is 12.7. The lowest BCUT2D eigenvalue weighted by Crippen LogP contribution is -2.55. The molecule has 2 fully saturated rings. The van der Waals surface area contributed by atoms with Gasteiger partial charge in [0.15, 0.2) is 11.0 Å². The third kappa shape index (κ3) is 4.77. The van der Waals surface area contributed by atoms with Crippen LogP contribution in [0.3, 0.4) is 0 Å². The Morgan fingerprint density at radius 1 is 0.659 bits per heavy atom. The fourth-order valence-electron chi connectivity index (χ4n) is 5.37. The van der Waals surface area contributed by atoms with E-state index in [1.807, 2.05) is 0 Å². The van der Waals surface area contributed by atoms with E-state index in [4.69, 9.17) is 13.9 Å². The van der Waals surface area contributed by atoms with E-state index in [1.165, 1.54) is 0 Å². The summed E-state index contributed by atoms with van der Waals surface area (Å²) >= 11 is 0. The van der Waals surface area contributed by atoms with Gasteiger partial charge in [-0.2, -0.15) is 0 Å². The smallest absolute Gasteiger partial charge is 0.197 e. The van der Waals surface area contributed by atoms with Gasteiger partial charge >= 0.3 is 0 Å². The van der Waals surface area contributed by atoms with E-state index in [0.717, 1.165) is 6.07 Å². The predicted octanol–water partition coefficient (Wildman–Crippen LogP) is -2.10. The van der Waals surface area contributed by atoms with Gasteiger partial charge in [0.1, 0.15) is 83.7 Å². The van der Waals surface area contributed by atoms with Crippen molar-refractivity contribution in [3.63, 3.8) is 0 Å². The van der Waals surface area contributed by atoms with Gasteiger partial charge < -0.3 is 65.0 Å². The predicted molar refractivity (Wildman–Crippen MR) is 137 cm³/mol. The number of benzene rings is 2. The fraction of sp³-hybridized carbons (Fsp3) is 0.444. The SMILES string of the molecule is O=c1cc(-c2ccccc2)oc2c([C@H]3O[C@@H](CO)[C@@H](O)[C@@H](O)[C@H]3O)c(O)c([C@@H]3O[C@@H](CO)[C@@H](O)[C@@H](O)[C@H]3O)c(O)c12. The van der Waals surface area contributed by atoms with E-state index in [0.29, 0.717) is 5.56 Å². The van der Waals surface area contributed by atoms with E-state index in [-0.39, 0.29) is 5.76 Å². The first kappa shape index (κ1) is 29.3. The number of phenolic OH excluding ortho intramolecular Hbond substituents is 2. The zero-order valence-electron chi connectivity index (χ0n) is 21.3. The molecule has 14 heteroatoms. The van der Waals surface area contributed by atoms with Crippen molar-refractivity contribution in [1.29, 1.82) is 0 Å². The number of ether oxygens (including phenoxy) is 2. The van der Waals surface area contributed by atoms with Gasteiger partial charge in [0.05, 0.1) is 24.3 Å². The third-order valence-corrected chi connectivity index (χ3v) is 7.61. The topological polar surface area (TPSA) is 251 Å². The second-order valence-corrected chi connectivity index (χ2v) is 10.1. The minimum absolute atomic E-state index is 0.0201. The van der Waals surface area contributed by atoms with Gasteiger partial charge in [0.25, 0.3) is 0 Å². The van der Waals surface area contributed by atoms with Crippen molar-refractivity contribution >= 4 is 11.0 Å². The average Bonchev–Trinajstić information content (AvgIpc) is 2.97. The van der Waals surface area contributed by atoms with Gasteiger partial charge in [-0.25, -0.2) is 0 Å². The molecule has 3 aromatic rings. The number of fused-ring (bicyclic) bond motifs is 1. The zero-order chi connectivity index (χ0) is 29.7. The van der Waals surface area contributed by atoms with E-state index < -0.39 is 113 Å². The van der Waals surface area contributed by atoms with Crippen LogP contribution in [0.1, 0.15) is 23.3 Å². The molecular formula is C27H30O14. The van der Waals surface area contributed by atoms with Crippen molar-refractivity contribution in [3.05, 3.63) is 57.7 Å². The Bertz CT molecular complexity index is 1450. The molecule has 2 aliphatic heterocycles. The van der Waals surface area contributed by atoms with E-state index in [9.17, 15) is 55.9 Å². The summed E-state index contributed by atoms with van der Waals surface area (Å²) in [6, 6.07) is 9.30. The first-order valence-corrected chi connectivity index (χ1v) is 12.7. The number of aromatic hydroxyl groups is 2. The van der Waals surface area contributed by atoms with Crippen molar-refractivity contribution in [2.45, 2.75) is 61.0 Å². The third-order valence-electron chi connectivity index (χ3n) is 7.61. The van der Waals surface area contributed by atoms with Crippen LogP contribution in [0, 0.1) is 0 Å². The van der Waals surface area contributed by atoms with Crippen LogP contribution in [0.25, 0.3) is 22.3 Å². The normalized spacial score (nSPS) is 34.1. The number of hydrogen-bond donors (Lipinski definition) is 10. The van der Waals surface area contributed by atoms with Crippen LogP contribution in [0.4, 0.5) is 0 Å². The molecule has 0 aliphatic carbocycles. The minimum Gasteiger partial charge on any atom is -0.507 e. The number of aliphatic hydroxyl groups is 8. The molecule has 10 N–H and O–H groups in total. The van der Waals surface area contributed by atoms with Crippen LogP contribution in [-0.2, 0) is 9.47 Å². The van der Waals surface area contributed by atoms with Crippen LogP contribution in [0.15, 0.2) is 45.6 Å². The summed E-state index contributed by atoms with van der Waals surface area (Å²) in [6.07, 6.45) is -17.9. The molecular weight excluding hydrogens is 548 g/mol. The van der Waals surface area contributed by atoms with Crippen LogP contribution in [0.2, 0.25) is 0 Å². The molecule has 222 valence electrons. The maximum absolute atomic E-state index is 13.4. The van der Waals surface area contributed by atoms with Crippen molar-refractivity contribution in [1.82, 2.24) is 0 Å². The maximum atomic E-state index is 13.4. The van der Waals surface area contributed by atoms with Gasteiger partial charge in [-0.15, -0.1) is 0 Å². The largest absolute Gasteiger partial charge is 0.507 e. The molecule has 2 aromatic carbocycles. The highest BCUT2D eigenvalue weighted by Crippen LogP contribution is 2.50. The second-order valence-electron chi connectivity index (χ2n) is 10.1. The Morgan fingerprint density at radius 2 is 1.17 bits per heavy atom. The van der Waals surface area contributed by atoms with Crippen molar-refractivity contribution < 1.29 is 65.0 Å². The lowest BCUT2D eigenvalue weighted by atomic mass is 9.85. The summed E-state index contributed by atoms with van der Waals surface area (Å²) < 4.78 is 17.1. The summed E-state index contributed by atoms with van der Waals surface area (Å²) in [4.78, 5) is 13.4. The van der Waals surface area contributed by atoms with Crippen LogP contribution >= 0.6 is 0 Å². The monoisotopic (exact) mass is 578 g/mol. The molecule has 14 nitrogen and oxygen atoms in total. The number of phenols is 2. The number of hydrogen-bond acceptors (Lipinski definition) is 14. The molecule has 0 amide bonds. The lowest BCUT2D eigenvalue weighted by molar-refractivity contribution is -0.234. The molecule has 2 saturated heterocycles. The number of aliphatic hydroxyl groups excluding tert-OH is 8. The van der Waals surface area contributed by atoms with E-state index in [1.54, 1.807) is 30.3 Å². The Labute approximate surface area is 231 Å². The summed E-state index contributed by atoms with van der Waals surface area (Å²) in [7, 11) is 0. The maximum Gasteiger partial charge on any atom is 0.197 e. The molecule has 10 atom stereocenters. The highest BCUT2D eigenvalue weighted by molar-refractivity contribution is 5.91. The standard InChI is InChI=1S/C27H30O14/c28-7-12-17(31)21(35)23(37)26(40-12)15-19(33)14-10(30)6-11(9-4-2-1-3-5-9)39-25(14)16(20(15)34)27-24(38)22(36)18(32)13(8-29)41-27/h1-6,12-13,17-18,21-24,26-29,31-38H,7-8H2/t12-,13-,17+,18+,21+,22+,23+,24+,26-,27+/m0/s1. The van der Waals surface area contributed by atoms with Gasteiger partial charge in [-0.1, -0.05) is 30.3 Å². The fourth-order valence-corrected chi connectivity index (χ4v) is 5.37. The van der Waals surface area contributed by atoms with Crippen LogP contribution in [-0.4, -0.2) is 113 Å². The lowest BCUT2D eigenvalue weighted by Gasteiger charge is -2.42. The van der Waals surface area contributed by atoms with Gasteiger partial charge in [-0.3, -0.25) is 4.79 Å². The summed E-state index contributed by atoms with van der Waals surface area (Å²) in [6.45, 7) is -1.66. The molecule has 0 radical (unpaired) electrons. The Kier molecular flexibility index (Phi) is 8.06. The molecule has 5 rings (SSSR count). The molecule has 0 saturated carbocycles. The highest BCUT2D eigenvalue weighted by atomic mass is 16.6. The first-order chi connectivity index (χ1) is 19.5. The zero-order valence-corrected chi connectivity index (χ0v) is 21.3. The average molecular weight is 579 g/mol. The molecule has 2 aliphatic rings. The Morgan fingerprint density at radius 3 is 1.68 bits per heavy atom. The molecule has 0 spiro atoms. The minimum atomic E-state index is -2.00. The second kappa shape index (κ2) is 11.3. The van der Waals surface area contributed by atoms with Gasteiger partial charge in [0.2, 0.25) is 0 Å². The molecule has 0 bridgehead atoms. The Hall–Kier alpha value is -3.15. The molecule has 0 unspecified atom stereocenters. The molecule has 3 heterocycles. The Balaban J connectivity index is 1.82. The van der Waals surface area contributed by atoms with Gasteiger partial charge in [0, 0.05) is 11.6 Å². The molecule has 41 heavy (non-hydrogen) atoms. The van der Waals surface area contributed by atoms with Gasteiger partial charge in [-0.05, 0) is 0 Å². The van der Waals surface area contributed by atoms with Crippen LogP contribution in [0.5, 0.6) is 11.5 Å². The summed E-state index contributed by atoms with van der Waals surface area (Å²) in [5.41, 5.74) is -2.12. The van der Waals surface area contributed by atoms with E-state index >= 15 is 0 Å². The quantitative estimate of drug-likeness (QED) is 0.156.